The van der Waals surface area contributed by atoms with Gasteiger partial charge in [0.25, 0.3) is 0 Å². The molecule has 0 spiro atoms. The van der Waals surface area contributed by atoms with Gasteiger partial charge in [0.2, 0.25) is 0 Å². The molecule has 1 unspecified atom stereocenters. The number of carbonyl (C=O) groups excluding carboxylic acids is 2. The average molecular weight is 490 g/mol. The highest BCUT2D eigenvalue weighted by atomic mass is 16.5. The quantitative estimate of drug-likeness (QED) is 0.120. The first-order valence-electron chi connectivity index (χ1n) is 14.4. The van der Waals surface area contributed by atoms with Crippen LogP contribution in [0.15, 0.2) is 18.2 Å². The van der Waals surface area contributed by atoms with Crippen LogP contribution in [0.2, 0.25) is 0 Å². The minimum absolute atomic E-state index is 0.148. The summed E-state index contributed by atoms with van der Waals surface area (Å²) in [7, 11) is 0. The summed E-state index contributed by atoms with van der Waals surface area (Å²) < 4.78 is 10.7. The fourth-order valence-corrected chi connectivity index (χ4v) is 4.24. The highest BCUT2D eigenvalue weighted by Crippen LogP contribution is 2.14. The number of hydrogen-bond donors (Lipinski definition) is 0. The molecule has 0 N–H and O–H groups in total. The van der Waals surface area contributed by atoms with Gasteiger partial charge in [-0.1, -0.05) is 123 Å². The second-order valence-corrected chi connectivity index (χ2v) is 9.99. The van der Waals surface area contributed by atoms with E-state index >= 15 is 0 Å². The first-order valence-corrected chi connectivity index (χ1v) is 14.4. The number of aromatic nitrogens is 1. The third-order valence-electron chi connectivity index (χ3n) is 6.43. The van der Waals surface area contributed by atoms with Gasteiger partial charge in [0.05, 0.1) is 13.2 Å². The molecule has 0 fully saturated rings. The van der Waals surface area contributed by atoms with E-state index in [1.165, 1.54) is 83.5 Å². The number of ether oxygens (including phenoxy) is 2. The Hall–Kier alpha value is -1.91. The molecule has 5 nitrogen and oxygen atoms in total. The molecule has 35 heavy (non-hydrogen) atoms. The smallest absolute Gasteiger partial charge is 0.356 e. The highest BCUT2D eigenvalue weighted by molar-refractivity contribution is 5.91. The van der Waals surface area contributed by atoms with Crippen LogP contribution in [0.1, 0.15) is 151 Å². The lowest BCUT2D eigenvalue weighted by molar-refractivity contribution is 0.0435. The van der Waals surface area contributed by atoms with Gasteiger partial charge in [-0.2, -0.15) is 0 Å². The summed E-state index contributed by atoms with van der Waals surface area (Å²) in [5.41, 5.74) is 0.303. The van der Waals surface area contributed by atoms with E-state index in [2.05, 4.69) is 25.8 Å². The van der Waals surface area contributed by atoms with Gasteiger partial charge >= 0.3 is 11.9 Å². The zero-order valence-electron chi connectivity index (χ0n) is 22.8. The van der Waals surface area contributed by atoms with E-state index in [4.69, 9.17) is 9.47 Å². The third-order valence-corrected chi connectivity index (χ3v) is 6.43. The number of hydrogen-bond acceptors (Lipinski definition) is 5. The van der Waals surface area contributed by atoms with E-state index < -0.39 is 11.9 Å². The lowest BCUT2D eigenvalue weighted by atomic mass is 10.0. The summed E-state index contributed by atoms with van der Waals surface area (Å²) in [5, 5.41) is 0. The molecular formula is C30H51NO4. The van der Waals surface area contributed by atoms with E-state index in [1.54, 1.807) is 18.2 Å². The molecule has 0 aliphatic rings. The van der Waals surface area contributed by atoms with Gasteiger partial charge < -0.3 is 9.47 Å². The van der Waals surface area contributed by atoms with Crippen LogP contribution in [0, 0.1) is 5.92 Å². The van der Waals surface area contributed by atoms with Gasteiger partial charge in [-0.3, -0.25) is 0 Å². The molecule has 0 aromatic carbocycles. The molecule has 1 aromatic heterocycles. The summed E-state index contributed by atoms with van der Waals surface area (Å²) in [5.74, 6) is -0.665. The molecule has 5 heteroatoms. The summed E-state index contributed by atoms with van der Waals surface area (Å²) in [6.07, 6.45) is 21.6. The first-order chi connectivity index (χ1) is 17.1. The van der Waals surface area contributed by atoms with Crippen LogP contribution >= 0.6 is 0 Å². The minimum atomic E-state index is -0.495. The molecule has 0 saturated carbocycles. The third kappa shape index (κ3) is 16.4. The number of nitrogens with zero attached hydrogens (tertiary/aromatic N) is 1. The molecule has 1 aromatic rings. The van der Waals surface area contributed by atoms with E-state index in [9.17, 15) is 9.59 Å². The molecule has 0 radical (unpaired) electrons. The number of unbranched alkanes of at least 4 members (excludes halogenated alkanes) is 14. The van der Waals surface area contributed by atoms with Gasteiger partial charge in [0.1, 0.15) is 11.4 Å². The van der Waals surface area contributed by atoms with Crippen molar-refractivity contribution in [3.8, 4) is 0 Å². The number of esters is 2. The summed E-state index contributed by atoms with van der Waals surface area (Å²) >= 11 is 0. The molecular weight excluding hydrogens is 438 g/mol. The monoisotopic (exact) mass is 489 g/mol. The molecule has 1 heterocycles. The fourth-order valence-electron chi connectivity index (χ4n) is 4.24. The Balaban J connectivity index is 2.05. The molecule has 0 aliphatic carbocycles. The first kappa shape index (κ1) is 31.1. The van der Waals surface area contributed by atoms with E-state index in [0.29, 0.717) is 19.1 Å². The second kappa shape index (κ2) is 21.4. The lowest BCUT2D eigenvalue weighted by Gasteiger charge is -2.11. The van der Waals surface area contributed by atoms with Crippen LogP contribution < -0.4 is 0 Å². The predicted molar refractivity (Wildman–Crippen MR) is 144 cm³/mol. The Kier molecular flexibility index (Phi) is 19.0. The molecule has 0 amide bonds. The minimum Gasteiger partial charge on any atom is -0.461 e. The van der Waals surface area contributed by atoms with Crippen molar-refractivity contribution in [2.45, 2.75) is 130 Å². The van der Waals surface area contributed by atoms with Crippen LogP contribution in [-0.4, -0.2) is 30.1 Å². The van der Waals surface area contributed by atoms with Crippen LogP contribution in [-0.2, 0) is 9.47 Å². The van der Waals surface area contributed by atoms with Crippen molar-refractivity contribution < 1.29 is 19.1 Å². The van der Waals surface area contributed by atoms with Crippen molar-refractivity contribution in [2.75, 3.05) is 13.2 Å². The number of carbonyl (C=O) groups is 2. The van der Waals surface area contributed by atoms with Crippen molar-refractivity contribution in [2.24, 2.45) is 5.92 Å². The zero-order chi connectivity index (χ0) is 25.6. The maximum atomic E-state index is 12.3. The van der Waals surface area contributed by atoms with E-state index in [1.807, 2.05) is 0 Å². The number of pyridine rings is 1. The second-order valence-electron chi connectivity index (χ2n) is 9.99. The fraction of sp³-hybridized carbons (Fsp3) is 0.767. The summed E-state index contributed by atoms with van der Waals surface area (Å²) in [4.78, 5) is 28.6. The van der Waals surface area contributed by atoms with Crippen molar-refractivity contribution in [3.05, 3.63) is 29.6 Å². The Morgan fingerprint density at radius 1 is 0.686 bits per heavy atom. The predicted octanol–water partition coefficient (Wildman–Crippen LogP) is 8.70. The Morgan fingerprint density at radius 3 is 1.63 bits per heavy atom. The normalized spacial score (nSPS) is 11.9. The highest BCUT2D eigenvalue weighted by Gasteiger charge is 2.15. The Labute approximate surface area is 214 Å². The van der Waals surface area contributed by atoms with Gasteiger partial charge in [-0.05, 0) is 30.9 Å². The molecule has 0 saturated heterocycles. The topological polar surface area (TPSA) is 65.5 Å². The van der Waals surface area contributed by atoms with Crippen molar-refractivity contribution in [3.63, 3.8) is 0 Å². The van der Waals surface area contributed by atoms with Gasteiger partial charge in [-0.15, -0.1) is 0 Å². The standard InChI is InChI=1S/C30H51NO4/c1-4-6-7-8-9-10-11-12-13-14-15-16-17-18-19-24-34-29(32)27-22-20-23-28(31-27)30(33)35-25-26(3)21-5-2/h20,22-23,26H,4-19,21,24-25H2,1-3H3. The Bertz CT molecular complexity index is 676. The molecule has 1 atom stereocenters. The van der Waals surface area contributed by atoms with E-state index in [-0.39, 0.29) is 11.4 Å². The van der Waals surface area contributed by atoms with Gasteiger partial charge in [0, 0.05) is 0 Å². The maximum Gasteiger partial charge on any atom is 0.356 e. The van der Waals surface area contributed by atoms with Crippen LogP contribution in [0.4, 0.5) is 0 Å². The lowest BCUT2D eigenvalue weighted by Crippen LogP contribution is -2.15. The number of rotatable bonds is 22. The zero-order valence-corrected chi connectivity index (χ0v) is 22.8. The largest absolute Gasteiger partial charge is 0.461 e. The SMILES string of the molecule is CCCCCCCCCCCCCCCCCOC(=O)c1cccc(C(=O)OCC(C)CCC)n1. The molecule has 1 rings (SSSR count). The van der Waals surface area contributed by atoms with Crippen molar-refractivity contribution >= 4 is 11.9 Å². The van der Waals surface area contributed by atoms with Gasteiger partial charge in [0.15, 0.2) is 0 Å². The van der Waals surface area contributed by atoms with Gasteiger partial charge in [-0.25, -0.2) is 14.6 Å². The maximum absolute atomic E-state index is 12.3. The summed E-state index contributed by atoms with van der Waals surface area (Å²) in [6.45, 7) is 7.18. The average Bonchev–Trinajstić information content (AvgIpc) is 2.87. The van der Waals surface area contributed by atoms with Crippen molar-refractivity contribution in [1.29, 1.82) is 0 Å². The van der Waals surface area contributed by atoms with Crippen LogP contribution in [0.5, 0.6) is 0 Å². The van der Waals surface area contributed by atoms with Crippen LogP contribution in [0.25, 0.3) is 0 Å². The van der Waals surface area contributed by atoms with E-state index in [0.717, 1.165) is 25.7 Å². The summed E-state index contributed by atoms with van der Waals surface area (Å²) in [6, 6.07) is 4.78. The molecule has 0 aliphatic heterocycles. The molecule has 0 bridgehead atoms. The van der Waals surface area contributed by atoms with Crippen molar-refractivity contribution in [1.82, 2.24) is 4.98 Å². The van der Waals surface area contributed by atoms with Crippen LogP contribution in [0.3, 0.4) is 0 Å². The Morgan fingerprint density at radius 2 is 1.14 bits per heavy atom. The molecule has 200 valence electrons.